The van der Waals surface area contributed by atoms with E-state index < -0.39 is 0 Å². The highest BCUT2D eigenvalue weighted by atomic mass is 16.5. The lowest BCUT2D eigenvalue weighted by molar-refractivity contribution is 0.308. The van der Waals surface area contributed by atoms with Gasteiger partial charge in [0.15, 0.2) is 0 Å². The molecule has 0 N–H and O–H groups in total. The molecule has 1 fully saturated rings. The van der Waals surface area contributed by atoms with Gasteiger partial charge in [0.25, 0.3) is 0 Å². The molecule has 0 heterocycles. The van der Waals surface area contributed by atoms with Gasteiger partial charge in [-0.25, -0.2) is 0 Å². The minimum absolute atomic E-state index is 0.783. The van der Waals surface area contributed by atoms with Crippen molar-refractivity contribution in [1.82, 2.24) is 0 Å². The Morgan fingerprint density at radius 1 is 1.18 bits per heavy atom. The molecular formula is C10H18O. The van der Waals surface area contributed by atoms with Gasteiger partial charge in [0.1, 0.15) is 0 Å². The quantitative estimate of drug-likeness (QED) is 0.556. The van der Waals surface area contributed by atoms with Crippen LogP contribution >= 0.6 is 0 Å². The van der Waals surface area contributed by atoms with Crippen LogP contribution < -0.4 is 0 Å². The predicted octanol–water partition coefficient (Wildman–Crippen LogP) is 2.97. The van der Waals surface area contributed by atoms with E-state index in [1.165, 1.54) is 25.7 Å². The topological polar surface area (TPSA) is 9.23 Å². The Morgan fingerprint density at radius 2 is 1.82 bits per heavy atom. The average molecular weight is 154 g/mol. The highest BCUT2D eigenvalue weighted by Crippen LogP contribution is 2.28. The molecule has 0 unspecified atom stereocenters. The molecule has 0 atom stereocenters. The molecule has 0 aromatic carbocycles. The summed E-state index contributed by atoms with van der Waals surface area (Å²) in [5.41, 5.74) is 0. The van der Waals surface area contributed by atoms with Crippen LogP contribution in [0.25, 0.3) is 0 Å². The third-order valence-corrected chi connectivity index (χ3v) is 2.55. The van der Waals surface area contributed by atoms with E-state index in [1.807, 2.05) is 6.26 Å². The van der Waals surface area contributed by atoms with E-state index in [0.717, 1.165) is 11.8 Å². The van der Waals surface area contributed by atoms with Gasteiger partial charge >= 0.3 is 0 Å². The number of rotatable bonds is 2. The average Bonchev–Trinajstić information content (AvgIpc) is 2.04. The Kier molecular flexibility index (Phi) is 3.47. The maximum Gasteiger partial charge on any atom is 0.0787 e. The van der Waals surface area contributed by atoms with Gasteiger partial charge in [-0.2, -0.15) is 0 Å². The number of ether oxygens (including phenoxy) is 1. The summed E-state index contributed by atoms with van der Waals surface area (Å²) in [7, 11) is 1.71. The maximum absolute atomic E-state index is 4.89. The second-order valence-electron chi connectivity index (χ2n) is 3.58. The highest BCUT2D eigenvalue weighted by molar-refractivity contribution is 4.86. The molecule has 0 aromatic heterocycles. The van der Waals surface area contributed by atoms with Crippen molar-refractivity contribution in [1.29, 1.82) is 0 Å². The second-order valence-corrected chi connectivity index (χ2v) is 3.58. The van der Waals surface area contributed by atoms with E-state index in [9.17, 15) is 0 Å². The molecule has 1 nitrogen and oxygen atoms in total. The summed E-state index contributed by atoms with van der Waals surface area (Å²) >= 11 is 0. The first-order valence-electron chi connectivity index (χ1n) is 4.52. The van der Waals surface area contributed by atoms with Crippen LogP contribution in [0.1, 0.15) is 32.6 Å². The van der Waals surface area contributed by atoms with Crippen LogP contribution in [0.5, 0.6) is 0 Å². The first kappa shape index (κ1) is 8.63. The van der Waals surface area contributed by atoms with Crippen molar-refractivity contribution in [3.63, 3.8) is 0 Å². The van der Waals surface area contributed by atoms with Crippen molar-refractivity contribution < 1.29 is 4.74 Å². The van der Waals surface area contributed by atoms with E-state index in [2.05, 4.69) is 13.0 Å². The third-order valence-electron chi connectivity index (χ3n) is 2.55. The van der Waals surface area contributed by atoms with Crippen molar-refractivity contribution in [2.75, 3.05) is 7.11 Å². The third kappa shape index (κ3) is 2.96. The standard InChI is InChI=1S/C10H18O/c1-9-3-5-10(6-4-9)7-8-11-2/h7-10H,3-6H2,1-2H3. The maximum atomic E-state index is 4.89. The molecule has 0 saturated heterocycles. The van der Waals surface area contributed by atoms with Gasteiger partial charge in [-0.3, -0.25) is 0 Å². The van der Waals surface area contributed by atoms with Gasteiger partial charge in [-0.05, 0) is 30.8 Å². The van der Waals surface area contributed by atoms with Crippen LogP contribution in [-0.2, 0) is 4.74 Å². The number of hydrogen-bond donors (Lipinski definition) is 0. The van der Waals surface area contributed by atoms with Crippen LogP contribution in [0, 0.1) is 11.8 Å². The van der Waals surface area contributed by atoms with E-state index in [0.29, 0.717) is 0 Å². The molecule has 1 aliphatic rings. The fourth-order valence-electron chi connectivity index (χ4n) is 1.67. The first-order chi connectivity index (χ1) is 5.33. The Labute approximate surface area is 69.4 Å². The molecule has 0 radical (unpaired) electrons. The zero-order chi connectivity index (χ0) is 8.10. The van der Waals surface area contributed by atoms with Crippen molar-refractivity contribution >= 4 is 0 Å². The van der Waals surface area contributed by atoms with Crippen LogP contribution in [0.15, 0.2) is 12.3 Å². The minimum Gasteiger partial charge on any atom is -0.505 e. The van der Waals surface area contributed by atoms with E-state index >= 15 is 0 Å². The SMILES string of the molecule is COC=CC1CCC(C)CC1. The molecule has 1 aliphatic carbocycles. The predicted molar refractivity (Wildman–Crippen MR) is 47.3 cm³/mol. The molecule has 1 saturated carbocycles. The molecule has 0 spiro atoms. The highest BCUT2D eigenvalue weighted by Gasteiger charge is 2.15. The van der Waals surface area contributed by atoms with Gasteiger partial charge in [0.05, 0.1) is 13.4 Å². The number of allylic oxidation sites excluding steroid dienone is 1. The van der Waals surface area contributed by atoms with Gasteiger partial charge in [0, 0.05) is 0 Å². The molecule has 1 heteroatoms. The van der Waals surface area contributed by atoms with E-state index in [-0.39, 0.29) is 0 Å². The molecule has 0 amide bonds. The van der Waals surface area contributed by atoms with Crippen molar-refractivity contribution in [2.45, 2.75) is 32.6 Å². The smallest absolute Gasteiger partial charge is 0.0787 e. The fourth-order valence-corrected chi connectivity index (χ4v) is 1.67. The van der Waals surface area contributed by atoms with Gasteiger partial charge in [-0.15, -0.1) is 0 Å². The van der Waals surface area contributed by atoms with Gasteiger partial charge < -0.3 is 4.74 Å². The normalized spacial score (nSPS) is 32.5. The van der Waals surface area contributed by atoms with Gasteiger partial charge in [0.2, 0.25) is 0 Å². The lowest BCUT2D eigenvalue weighted by Gasteiger charge is -2.23. The van der Waals surface area contributed by atoms with Crippen LogP contribution in [0.2, 0.25) is 0 Å². The van der Waals surface area contributed by atoms with Crippen LogP contribution in [0.3, 0.4) is 0 Å². The summed E-state index contributed by atoms with van der Waals surface area (Å²) in [4.78, 5) is 0. The lowest BCUT2D eigenvalue weighted by atomic mass is 9.83. The van der Waals surface area contributed by atoms with Crippen molar-refractivity contribution in [3.05, 3.63) is 12.3 Å². The molecular weight excluding hydrogens is 136 g/mol. The first-order valence-corrected chi connectivity index (χ1v) is 4.52. The van der Waals surface area contributed by atoms with E-state index in [4.69, 9.17) is 4.74 Å². The minimum atomic E-state index is 0.783. The zero-order valence-electron chi connectivity index (χ0n) is 7.55. The Morgan fingerprint density at radius 3 is 2.36 bits per heavy atom. The number of hydrogen-bond acceptors (Lipinski definition) is 1. The summed E-state index contributed by atoms with van der Waals surface area (Å²) < 4.78 is 4.89. The van der Waals surface area contributed by atoms with E-state index in [1.54, 1.807) is 7.11 Å². The fraction of sp³-hybridized carbons (Fsp3) is 0.800. The Hall–Kier alpha value is -0.460. The van der Waals surface area contributed by atoms with Crippen LogP contribution in [-0.4, -0.2) is 7.11 Å². The Balaban J connectivity index is 2.22. The molecule has 11 heavy (non-hydrogen) atoms. The largest absolute Gasteiger partial charge is 0.505 e. The molecule has 1 rings (SSSR count). The summed E-state index contributed by atoms with van der Waals surface area (Å²) in [6, 6.07) is 0. The van der Waals surface area contributed by atoms with Crippen molar-refractivity contribution in [3.8, 4) is 0 Å². The summed E-state index contributed by atoms with van der Waals surface area (Å²) in [5.74, 6) is 1.73. The second kappa shape index (κ2) is 4.42. The van der Waals surface area contributed by atoms with Crippen LogP contribution in [0.4, 0.5) is 0 Å². The summed E-state index contributed by atoms with van der Waals surface area (Å²) in [5, 5.41) is 0. The lowest BCUT2D eigenvalue weighted by Crippen LogP contribution is -2.09. The Bertz CT molecular complexity index is 121. The summed E-state index contributed by atoms with van der Waals surface area (Å²) in [6.07, 6.45) is 9.49. The van der Waals surface area contributed by atoms with Gasteiger partial charge in [-0.1, -0.05) is 19.8 Å². The molecule has 64 valence electrons. The molecule has 0 aromatic rings. The molecule has 0 aliphatic heterocycles. The summed E-state index contributed by atoms with van der Waals surface area (Å²) in [6.45, 7) is 2.34. The molecule has 0 bridgehead atoms. The monoisotopic (exact) mass is 154 g/mol. The number of methoxy groups -OCH3 is 1. The zero-order valence-corrected chi connectivity index (χ0v) is 7.55. The van der Waals surface area contributed by atoms with Crippen molar-refractivity contribution in [2.24, 2.45) is 11.8 Å².